The van der Waals surface area contributed by atoms with Crippen molar-refractivity contribution in [1.82, 2.24) is 5.43 Å². The third-order valence-electron chi connectivity index (χ3n) is 3.62. The van der Waals surface area contributed by atoms with E-state index in [0.717, 1.165) is 5.56 Å². The van der Waals surface area contributed by atoms with Crippen LogP contribution in [0.15, 0.2) is 53.6 Å². The molecule has 0 saturated carbocycles. The van der Waals surface area contributed by atoms with Crippen molar-refractivity contribution < 1.29 is 9.59 Å². The largest absolute Gasteiger partial charge is 0.326 e. The summed E-state index contributed by atoms with van der Waals surface area (Å²) >= 11 is 0. The van der Waals surface area contributed by atoms with Crippen molar-refractivity contribution in [1.29, 1.82) is 0 Å². The lowest BCUT2D eigenvalue weighted by molar-refractivity contribution is -0.114. The van der Waals surface area contributed by atoms with Gasteiger partial charge in [0.25, 0.3) is 5.91 Å². The summed E-state index contributed by atoms with van der Waals surface area (Å²) in [4.78, 5) is 23.0. The summed E-state index contributed by atoms with van der Waals surface area (Å²) in [7, 11) is 0. The van der Waals surface area contributed by atoms with Gasteiger partial charge in [-0.2, -0.15) is 5.10 Å². The van der Waals surface area contributed by atoms with E-state index in [-0.39, 0.29) is 17.2 Å². The molecule has 0 saturated heterocycles. The predicted molar refractivity (Wildman–Crippen MR) is 101 cm³/mol. The molecule has 25 heavy (non-hydrogen) atoms. The molecule has 0 unspecified atom stereocenters. The van der Waals surface area contributed by atoms with Crippen molar-refractivity contribution >= 4 is 23.7 Å². The van der Waals surface area contributed by atoms with Crippen LogP contribution in [0.5, 0.6) is 0 Å². The van der Waals surface area contributed by atoms with Gasteiger partial charge in [-0.05, 0) is 40.8 Å². The van der Waals surface area contributed by atoms with E-state index in [0.29, 0.717) is 11.3 Å². The van der Waals surface area contributed by atoms with E-state index in [1.807, 2.05) is 12.1 Å². The van der Waals surface area contributed by atoms with E-state index in [9.17, 15) is 9.59 Å². The van der Waals surface area contributed by atoms with Crippen LogP contribution in [0.3, 0.4) is 0 Å². The summed E-state index contributed by atoms with van der Waals surface area (Å²) in [5.41, 5.74) is 5.87. The molecule has 0 atom stereocenters. The van der Waals surface area contributed by atoms with Gasteiger partial charge < -0.3 is 5.32 Å². The summed E-state index contributed by atoms with van der Waals surface area (Å²) in [6.07, 6.45) is 1.61. The van der Waals surface area contributed by atoms with Gasteiger partial charge in [-0.3, -0.25) is 9.59 Å². The molecule has 2 amide bonds. The van der Waals surface area contributed by atoms with Crippen LogP contribution in [0.4, 0.5) is 5.69 Å². The van der Waals surface area contributed by atoms with Crippen LogP contribution in [-0.4, -0.2) is 18.0 Å². The van der Waals surface area contributed by atoms with Crippen LogP contribution in [0, 0.1) is 0 Å². The van der Waals surface area contributed by atoms with Crippen LogP contribution >= 0.6 is 0 Å². The van der Waals surface area contributed by atoms with Gasteiger partial charge in [0.1, 0.15) is 0 Å². The summed E-state index contributed by atoms with van der Waals surface area (Å²) in [6.45, 7) is 7.91. The summed E-state index contributed by atoms with van der Waals surface area (Å²) in [5, 5.41) is 6.64. The Kier molecular flexibility index (Phi) is 5.70. The lowest BCUT2D eigenvalue weighted by atomic mass is 9.87. The number of benzene rings is 2. The SMILES string of the molecule is CC(=O)Nc1ccc(C(=O)N/N=C/c2ccc(C(C)(C)C)cc2)cc1. The second-order valence-electron chi connectivity index (χ2n) is 6.83. The van der Waals surface area contributed by atoms with Gasteiger partial charge >= 0.3 is 0 Å². The molecule has 0 aliphatic rings. The summed E-state index contributed by atoms with van der Waals surface area (Å²) in [6, 6.07) is 14.7. The standard InChI is InChI=1S/C20H23N3O2/c1-14(24)22-18-11-7-16(8-12-18)19(25)23-21-13-15-5-9-17(10-6-15)20(2,3)4/h5-13H,1-4H3,(H,22,24)(H,23,25)/b21-13+. The molecule has 0 spiro atoms. The number of carbonyl (C=O) groups is 2. The normalized spacial score (nSPS) is 11.4. The van der Waals surface area contributed by atoms with Gasteiger partial charge in [-0.15, -0.1) is 0 Å². The molecular formula is C20H23N3O2. The number of anilines is 1. The van der Waals surface area contributed by atoms with Crippen molar-refractivity contribution in [2.75, 3.05) is 5.32 Å². The zero-order chi connectivity index (χ0) is 18.4. The maximum absolute atomic E-state index is 12.0. The quantitative estimate of drug-likeness (QED) is 0.659. The van der Waals surface area contributed by atoms with E-state index in [1.54, 1.807) is 30.5 Å². The highest BCUT2D eigenvalue weighted by atomic mass is 16.2. The van der Waals surface area contributed by atoms with Crippen LogP contribution in [-0.2, 0) is 10.2 Å². The first-order valence-electron chi connectivity index (χ1n) is 8.07. The van der Waals surface area contributed by atoms with Gasteiger partial charge in [-0.1, -0.05) is 45.0 Å². The number of nitrogens with zero attached hydrogens (tertiary/aromatic N) is 1. The minimum Gasteiger partial charge on any atom is -0.326 e. The van der Waals surface area contributed by atoms with Crippen molar-refractivity contribution in [3.8, 4) is 0 Å². The minimum absolute atomic E-state index is 0.104. The molecule has 2 rings (SSSR count). The highest BCUT2D eigenvalue weighted by Crippen LogP contribution is 2.21. The molecule has 0 radical (unpaired) electrons. The first-order chi connectivity index (χ1) is 11.8. The predicted octanol–water partition coefficient (Wildman–Crippen LogP) is 3.71. The fraction of sp³-hybridized carbons (Fsp3) is 0.250. The Labute approximate surface area is 148 Å². The Morgan fingerprint density at radius 1 is 0.960 bits per heavy atom. The van der Waals surface area contributed by atoms with E-state index in [1.165, 1.54) is 12.5 Å². The number of carbonyl (C=O) groups excluding carboxylic acids is 2. The van der Waals surface area contributed by atoms with Gasteiger partial charge in [-0.25, -0.2) is 5.43 Å². The van der Waals surface area contributed by atoms with Crippen molar-refractivity contribution in [2.45, 2.75) is 33.1 Å². The van der Waals surface area contributed by atoms with Gasteiger partial charge in [0.2, 0.25) is 5.91 Å². The summed E-state index contributed by atoms with van der Waals surface area (Å²) in [5.74, 6) is -0.462. The van der Waals surface area contributed by atoms with E-state index < -0.39 is 0 Å². The van der Waals surface area contributed by atoms with Crippen LogP contribution < -0.4 is 10.7 Å². The Morgan fingerprint density at radius 3 is 2.08 bits per heavy atom. The summed E-state index contributed by atoms with van der Waals surface area (Å²) < 4.78 is 0. The lowest BCUT2D eigenvalue weighted by Gasteiger charge is -2.18. The Hall–Kier alpha value is -2.95. The number of rotatable bonds is 4. The van der Waals surface area contributed by atoms with Gasteiger partial charge in [0, 0.05) is 18.2 Å². The molecule has 0 aliphatic heterocycles. The maximum atomic E-state index is 12.0. The fourth-order valence-corrected chi connectivity index (χ4v) is 2.21. The minimum atomic E-state index is -0.308. The molecule has 5 heteroatoms. The first-order valence-corrected chi connectivity index (χ1v) is 8.07. The van der Waals surface area contributed by atoms with Gasteiger partial charge in [0.05, 0.1) is 6.21 Å². The molecule has 5 nitrogen and oxygen atoms in total. The highest BCUT2D eigenvalue weighted by molar-refractivity contribution is 5.96. The van der Waals surface area contributed by atoms with Crippen molar-refractivity contribution in [3.05, 3.63) is 65.2 Å². The molecule has 130 valence electrons. The first kappa shape index (κ1) is 18.4. The molecule has 2 aromatic carbocycles. The van der Waals surface area contributed by atoms with E-state index in [2.05, 4.69) is 48.7 Å². The maximum Gasteiger partial charge on any atom is 0.271 e. The average Bonchev–Trinajstić information content (AvgIpc) is 2.54. The van der Waals surface area contributed by atoms with Crippen LogP contribution in [0.1, 0.15) is 49.2 Å². The Morgan fingerprint density at radius 2 is 1.56 bits per heavy atom. The zero-order valence-corrected chi connectivity index (χ0v) is 15.0. The monoisotopic (exact) mass is 337 g/mol. The molecule has 2 N–H and O–H groups in total. The van der Waals surface area contributed by atoms with Crippen LogP contribution in [0.25, 0.3) is 0 Å². The number of hydrogen-bond donors (Lipinski definition) is 2. The van der Waals surface area contributed by atoms with Gasteiger partial charge in [0.15, 0.2) is 0 Å². The average molecular weight is 337 g/mol. The number of amides is 2. The molecule has 0 aromatic heterocycles. The third-order valence-corrected chi connectivity index (χ3v) is 3.62. The lowest BCUT2D eigenvalue weighted by Crippen LogP contribution is -2.17. The molecule has 0 heterocycles. The molecule has 0 aliphatic carbocycles. The van der Waals surface area contributed by atoms with Crippen LogP contribution in [0.2, 0.25) is 0 Å². The second-order valence-corrected chi connectivity index (χ2v) is 6.83. The molecular weight excluding hydrogens is 314 g/mol. The van der Waals surface area contributed by atoms with E-state index in [4.69, 9.17) is 0 Å². The zero-order valence-electron chi connectivity index (χ0n) is 15.0. The number of hydrogen-bond acceptors (Lipinski definition) is 3. The molecule has 0 bridgehead atoms. The van der Waals surface area contributed by atoms with E-state index >= 15 is 0 Å². The molecule has 2 aromatic rings. The smallest absolute Gasteiger partial charge is 0.271 e. The molecule has 0 fully saturated rings. The third kappa shape index (κ3) is 5.57. The number of hydrazone groups is 1. The Balaban J connectivity index is 1.95. The number of nitrogens with one attached hydrogen (secondary N) is 2. The van der Waals surface area contributed by atoms with Crippen molar-refractivity contribution in [2.24, 2.45) is 5.10 Å². The fourth-order valence-electron chi connectivity index (χ4n) is 2.21. The van der Waals surface area contributed by atoms with Crippen molar-refractivity contribution in [3.63, 3.8) is 0 Å². The Bertz CT molecular complexity index is 770. The highest BCUT2D eigenvalue weighted by Gasteiger charge is 2.12. The topological polar surface area (TPSA) is 70.6 Å². The second kappa shape index (κ2) is 7.75.